The first-order chi connectivity index (χ1) is 7.06. The molecule has 0 aliphatic carbocycles. The van der Waals surface area contributed by atoms with Crippen molar-refractivity contribution in [1.82, 2.24) is 0 Å². The Hall–Kier alpha value is -1.84. The topological polar surface area (TPSA) is 46.5 Å². The van der Waals surface area contributed by atoms with Crippen LogP contribution in [0.2, 0.25) is 0 Å². The Kier molecular flexibility index (Phi) is 3.44. The van der Waals surface area contributed by atoms with E-state index >= 15 is 0 Å². The summed E-state index contributed by atoms with van der Waals surface area (Å²) in [6.45, 7) is 5.72. The Labute approximate surface area is 86.8 Å². The molecule has 1 rings (SSSR count). The van der Waals surface area contributed by atoms with Gasteiger partial charge in [-0.05, 0) is 25.1 Å². The van der Waals surface area contributed by atoms with E-state index in [0.29, 0.717) is 12.2 Å². The monoisotopic (exact) mass is 210 g/mol. The van der Waals surface area contributed by atoms with E-state index in [1.54, 1.807) is 6.92 Å². The van der Waals surface area contributed by atoms with Crippen LogP contribution in [0.15, 0.2) is 24.8 Å². The third kappa shape index (κ3) is 2.56. The van der Waals surface area contributed by atoms with Gasteiger partial charge in [0, 0.05) is 5.56 Å². The minimum absolute atomic E-state index is 0.145. The van der Waals surface area contributed by atoms with Gasteiger partial charge in [-0.25, -0.2) is 9.18 Å². The number of benzene rings is 1. The van der Waals surface area contributed by atoms with Crippen molar-refractivity contribution < 1.29 is 19.0 Å². The fraction of sp³-hybridized carbons (Fsp3) is 0.182. The van der Waals surface area contributed by atoms with Crippen LogP contribution in [0.4, 0.5) is 4.39 Å². The number of carboxylic acids is 1. The quantitative estimate of drug-likeness (QED) is 0.777. The number of carbonyl (C=O) groups is 1. The molecule has 0 aromatic heterocycles. The van der Waals surface area contributed by atoms with Gasteiger partial charge in [0.15, 0.2) is 0 Å². The highest BCUT2D eigenvalue weighted by atomic mass is 19.1. The molecule has 80 valence electrons. The number of aromatic carboxylic acids is 1. The number of carboxylic acid groups (broad SMARTS) is 1. The third-order valence-corrected chi connectivity index (χ3v) is 1.83. The molecular formula is C11H11FO3. The van der Waals surface area contributed by atoms with Gasteiger partial charge in [-0.15, -0.1) is 0 Å². The van der Waals surface area contributed by atoms with E-state index < -0.39 is 11.8 Å². The van der Waals surface area contributed by atoms with Gasteiger partial charge in [0.25, 0.3) is 0 Å². The van der Waals surface area contributed by atoms with Crippen molar-refractivity contribution in [3.8, 4) is 0 Å². The number of hydrogen-bond donors (Lipinski definition) is 1. The summed E-state index contributed by atoms with van der Waals surface area (Å²) in [5.41, 5.74) is 0.152. The van der Waals surface area contributed by atoms with Gasteiger partial charge >= 0.3 is 5.97 Å². The molecule has 3 nitrogen and oxygen atoms in total. The molecule has 0 fully saturated rings. The Balaban J connectivity index is 3.17. The molecule has 0 saturated heterocycles. The lowest BCUT2D eigenvalue weighted by molar-refractivity contribution is 0.0695. The number of rotatable bonds is 4. The van der Waals surface area contributed by atoms with Gasteiger partial charge in [0.2, 0.25) is 0 Å². The molecule has 1 aromatic rings. The Morgan fingerprint density at radius 2 is 2.20 bits per heavy atom. The summed E-state index contributed by atoms with van der Waals surface area (Å²) in [4.78, 5) is 10.8. The fourth-order valence-corrected chi connectivity index (χ4v) is 1.19. The van der Waals surface area contributed by atoms with Crippen LogP contribution in [0.5, 0.6) is 0 Å². The maximum atomic E-state index is 12.8. The zero-order valence-electron chi connectivity index (χ0n) is 8.29. The standard InChI is InChI=1S/C11H11FO3/c1-3-15-7(2)9-5-4-8(12)6-10(9)11(13)14/h4-6H,2-3H2,1H3,(H,13,14). The minimum Gasteiger partial charge on any atom is -0.494 e. The summed E-state index contributed by atoms with van der Waals surface area (Å²) in [5.74, 6) is -1.57. The number of ether oxygens (including phenoxy) is 1. The molecule has 0 amide bonds. The summed E-state index contributed by atoms with van der Waals surface area (Å²) in [6, 6.07) is 3.46. The fourth-order valence-electron chi connectivity index (χ4n) is 1.19. The van der Waals surface area contributed by atoms with Crippen molar-refractivity contribution in [2.75, 3.05) is 6.61 Å². The lowest BCUT2D eigenvalue weighted by Crippen LogP contribution is -2.04. The van der Waals surface area contributed by atoms with Crippen molar-refractivity contribution in [1.29, 1.82) is 0 Å². The lowest BCUT2D eigenvalue weighted by atomic mass is 10.1. The predicted molar refractivity (Wildman–Crippen MR) is 54.0 cm³/mol. The van der Waals surface area contributed by atoms with Crippen molar-refractivity contribution in [2.24, 2.45) is 0 Å². The average Bonchev–Trinajstić information content (AvgIpc) is 2.17. The number of hydrogen-bond acceptors (Lipinski definition) is 2. The molecule has 0 radical (unpaired) electrons. The molecule has 1 N–H and O–H groups in total. The van der Waals surface area contributed by atoms with Gasteiger partial charge < -0.3 is 9.84 Å². The van der Waals surface area contributed by atoms with Crippen LogP contribution in [0.25, 0.3) is 5.76 Å². The van der Waals surface area contributed by atoms with E-state index in [9.17, 15) is 9.18 Å². The maximum absolute atomic E-state index is 12.8. The lowest BCUT2D eigenvalue weighted by Gasteiger charge is -2.09. The largest absolute Gasteiger partial charge is 0.494 e. The summed E-state index contributed by atoms with van der Waals surface area (Å²) < 4.78 is 17.9. The van der Waals surface area contributed by atoms with Gasteiger partial charge in [-0.2, -0.15) is 0 Å². The smallest absolute Gasteiger partial charge is 0.336 e. The predicted octanol–water partition coefficient (Wildman–Crippen LogP) is 2.53. The van der Waals surface area contributed by atoms with E-state index in [4.69, 9.17) is 9.84 Å². The Morgan fingerprint density at radius 1 is 1.53 bits per heavy atom. The summed E-state index contributed by atoms with van der Waals surface area (Å²) in [5, 5.41) is 8.84. The molecule has 15 heavy (non-hydrogen) atoms. The van der Waals surface area contributed by atoms with Crippen molar-refractivity contribution in [2.45, 2.75) is 6.92 Å². The Bertz CT molecular complexity index is 399. The van der Waals surface area contributed by atoms with E-state index in [-0.39, 0.29) is 11.3 Å². The zero-order valence-corrected chi connectivity index (χ0v) is 8.29. The first-order valence-electron chi connectivity index (χ1n) is 4.41. The molecule has 4 heteroatoms. The molecule has 0 atom stereocenters. The third-order valence-electron chi connectivity index (χ3n) is 1.83. The van der Waals surface area contributed by atoms with Gasteiger partial charge in [0.05, 0.1) is 12.2 Å². The highest BCUT2D eigenvalue weighted by Gasteiger charge is 2.13. The van der Waals surface area contributed by atoms with Gasteiger partial charge in [-0.1, -0.05) is 6.58 Å². The highest BCUT2D eigenvalue weighted by Crippen LogP contribution is 2.20. The minimum atomic E-state index is -1.20. The second kappa shape index (κ2) is 4.59. The normalized spacial score (nSPS) is 9.73. The average molecular weight is 210 g/mol. The molecule has 0 saturated carbocycles. The molecule has 0 spiro atoms. The summed E-state index contributed by atoms with van der Waals surface area (Å²) in [7, 11) is 0. The summed E-state index contributed by atoms with van der Waals surface area (Å²) in [6.07, 6.45) is 0. The first-order valence-corrected chi connectivity index (χ1v) is 4.41. The van der Waals surface area contributed by atoms with Gasteiger partial charge in [-0.3, -0.25) is 0 Å². The number of halogens is 1. The van der Waals surface area contributed by atoms with Crippen molar-refractivity contribution in [3.05, 3.63) is 41.7 Å². The SMILES string of the molecule is C=C(OCC)c1ccc(F)cc1C(=O)O. The molecule has 1 aromatic carbocycles. The van der Waals surface area contributed by atoms with Crippen molar-refractivity contribution >= 4 is 11.7 Å². The van der Waals surface area contributed by atoms with Crippen LogP contribution in [0.1, 0.15) is 22.8 Å². The zero-order chi connectivity index (χ0) is 11.4. The van der Waals surface area contributed by atoms with Crippen LogP contribution in [0, 0.1) is 5.82 Å². The van der Waals surface area contributed by atoms with Gasteiger partial charge in [0.1, 0.15) is 11.6 Å². The molecule has 0 unspecified atom stereocenters. The van der Waals surface area contributed by atoms with E-state index in [1.807, 2.05) is 0 Å². The maximum Gasteiger partial charge on any atom is 0.336 e. The van der Waals surface area contributed by atoms with Crippen LogP contribution < -0.4 is 0 Å². The Morgan fingerprint density at radius 3 is 2.73 bits per heavy atom. The van der Waals surface area contributed by atoms with Crippen molar-refractivity contribution in [3.63, 3.8) is 0 Å². The highest BCUT2D eigenvalue weighted by molar-refractivity contribution is 5.93. The van der Waals surface area contributed by atoms with Crippen LogP contribution in [0.3, 0.4) is 0 Å². The molecule has 0 heterocycles. The molecular weight excluding hydrogens is 199 g/mol. The van der Waals surface area contributed by atoms with Crippen LogP contribution >= 0.6 is 0 Å². The first kappa shape index (κ1) is 11.2. The van der Waals surface area contributed by atoms with Crippen LogP contribution in [-0.2, 0) is 4.74 Å². The van der Waals surface area contributed by atoms with E-state index in [1.165, 1.54) is 12.1 Å². The second-order valence-corrected chi connectivity index (χ2v) is 2.85. The van der Waals surface area contributed by atoms with E-state index in [0.717, 1.165) is 6.07 Å². The molecule has 0 aliphatic heterocycles. The van der Waals surface area contributed by atoms with Crippen LogP contribution in [-0.4, -0.2) is 17.7 Å². The second-order valence-electron chi connectivity index (χ2n) is 2.85. The van der Waals surface area contributed by atoms with E-state index in [2.05, 4.69) is 6.58 Å². The molecule has 0 bridgehead atoms. The molecule has 0 aliphatic rings. The summed E-state index contributed by atoms with van der Waals surface area (Å²) >= 11 is 0.